The molecule has 0 saturated carbocycles. The lowest BCUT2D eigenvalue weighted by Gasteiger charge is -2.27. The molecule has 0 aliphatic rings. The molecule has 4 heteroatoms. The standard InChI is InChI=1S/C51H33N3O/c1-2-12-34(13-3-1)37-15-10-16-39(30-37)53(38-27-24-36(25-28-38)45-32-52-33-49-51(45)44-21-7-9-23-48(44)55-49)40-17-11-18-41(31-40)54-46-22-8-6-20-43(46)50-42-19-5-4-14-35(42)26-29-47(50)54/h1-33H. The first-order valence-corrected chi connectivity index (χ1v) is 18.6. The highest BCUT2D eigenvalue weighted by atomic mass is 16.3. The predicted molar refractivity (Wildman–Crippen MR) is 229 cm³/mol. The van der Waals surface area contributed by atoms with E-state index in [9.17, 15) is 0 Å². The van der Waals surface area contributed by atoms with Gasteiger partial charge in [0.25, 0.3) is 0 Å². The number of aromatic nitrogens is 2. The second-order valence-electron chi connectivity index (χ2n) is 14.0. The molecule has 0 bridgehead atoms. The third-order valence-electron chi connectivity index (χ3n) is 10.8. The molecular weight excluding hydrogens is 671 g/mol. The van der Waals surface area contributed by atoms with Crippen molar-refractivity contribution in [2.24, 2.45) is 0 Å². The van der Waals surface area contributed by atoms with Gasteiger partial charge in [-0.15, -0.1) is 0 Å². The first-order chi connectivity index (χ1) is 27.3. The van der Waals surface area contributed by atoms with Crippen molar-refractivity contribution in [2.45, 2.75) is 0 Å². The summed E-state index contributed by atoms with van der Waals surface area (Å²) < 4.78 is 8.59. The van der Waals surface area contributed by atoms with Gasteiger partial charge in [-0.2, -0.15) is 0 Å². The number of hydrogen-bond donors (Lipinski definition) is 0. The Hall–Kier alpha value is -7.43. The molecule has 4 nitrogen and oxygen atoms in total. The summed E-state index contributed by atoms with van der Waals surface area (Å²) in [7, 11) is 0. The average Bonchev–Trinajstić information content (AvgIpc) is 3.81. The van der Waals surface area contributed by atoms with Gasteiger partial charge in [0.2, 0.25) is 0 Å². The summed E-state index contributed by atoms with van der Waals surface area (Å²) in [4.78, 5) is 6.92. The van der Waals surface area contributed by atoms with Crippen molar-refractivity contribution in [3.05, 3.63) is 200 Å². The summed E-state index contributed by atoms with van der Waals surface area (Å²) in [6, 6.07) is 67.3. The minimum atomic E-state index is 0.789. The first kappa shape index (κ1) is 31.1. The van der Waals surface area contributed by atoms with Crippen LogP contribution in [0.25, 0.3) is 82.5 Å². The molecule has 0 atom stereocenters. The normalized spacial score (nSPS) is 11.6. The molecule has 3 heterocycles. The molecule has 0 spiro atoms. The Morgan fingerprint density at radius 3 is 2.00 bits per heavy atom. The van der Waals surface area contributed by atoms with Gasteiger partial charge in [0, 0.05) is 56.1 Å². The highest BCUT2D eigenvalue weighted by molar-refractivity contribution is 6.21. The summed E-state index contributed by atoms with van der Waals surface area (Å²) in [5.41, 5.74) is 12.8. The Morgan fingerprint density at radius 2 is 1.13 bits per heavy atom. The molecule has 11 aromatic rings. The first-order valence-electron chi connectivity index (χ1n) is 18.6. The van der Waals surface area contributed by atoms with Crippen LogP contribution in [-0.2, 0) is 0 Å². The number of anilines is 3. The molecule has 0 N–H and O–H groups in total. The van der Waals surface area contributed by atoms with Gasteiger partial charge >= 0.3 is 0 Å². The molecule has 0 radical (unpaired) electrons. The number of benzene rings is 8. The third-order valence-corrected chi connectivity index (χ3v) is 10.8. The van der Waals surface area contributed by atoms with E-state index in [4.69, 9.17) is 4.42 Å². The number of nitrogens with zero attached hydrogens (tertiary/aromatic N) is 3. The fraction of sp³-hybridized carbons (Fsp3) is 0. The van der Waals surface area contributed by atoms with Gasteiger partial charge in [0.05, 0.1) is 17.2 Å². The highest BCUT2D eigenvalue weighted by Crippen LogP contribution is 2.42. The van der Waals surface area contributed by atoms with Gasteiger partial charge in [-0.1, -0.05) is 127 Å². The van der Waals surface area contributed by atoms with Gasteiger partial charge in [-0.25, -0.2) is 0 Å². The summed E-state index contributed by atoms with van der Waals surface area (Å²) >= 11 is 0. The molecule has 0 unspecified atom stereocenters. The fourth-order valence-corrected chi connectivity index (χ4v) is 8.38. The van der Waals surface area contributed by atoms with Crippen molar-refractivity contribution in [1.82, 2.24) is 9.55 Å². The summed E-state index contributed by atoms with van der Waals surface area (Å²) in [6.07, 6.45) is 3.75. The number of pyridine rings is 1. The third kappa shape index (κ3) is 5.11. The molecule has 0 saturated heterocycles. The lowest BCUT2D eigenvalue weighted by molar-refractivity contribution is 0.667. The predicted octanol–water partition coefficient (Wildman–Crippen LogP) is 14.0. The van der Waals surface area contributed by atoms with Gasteiger partial charge < -0.3 is 13.9 Å². The molecular formula is C51H33N3O. The van der Waals surface area contributed by atoms with Gasteiger partial charge in [0.1, 0.15) is 5.58 Å². The van der Waals surface area contributed by atoms with Gasteiger partial charge in [0.15, 0.2) is 5.58 Å². The maximum atomic E-state index is 6.18. The SMILES string of the molecule is c1ccc(-c2cccc(N(c3ccc(-c4cncc5oc6ccccc6c45)cc3)c3cccc(-n4c5ccccc5c5c6ccccc6ccc54)c3)c2)cc1. The summed E-state index contributed by atoms with van der Waals surface area (Å²) in [5, 5.41) is 7.20. The van der Waals surface area contributed by atoms with Crippen molar-refractivity contribution in [1.29, 1.82) is 0 Å². The fourth-order valence-electron chi connectivity index (χ4n) is 8.38. The topological polar surface area (TPSA) is 34.2 Å². The van der Waals surface area contributed by atoms with Crippen LogP contribution in [0.15, 0.2) is 205 Å². The maximum absolute atomic E-state index is 6.18. The summed E-state index contributed by atoms with van der Waals surface area (Å²) in [6.45, 7) is 0. The van der Waals surface area contributed by atoms with Crippen molar-refractivity contribution in [2.75, 3.05) is 4.90 Å². The lowest BCUT2D eigenvalue weighted by atomic mass is 10.0. The molecule has 0 amide bonds. The Balaban J connectivity index is 1.09. The Bertz CT molecular complexity index is 3210. The molecule has 0 aliphatic carbocycles. The lowest BCUT2D eigenvalue weighted by Crippen LogP contribution is -2.10. The van der Waals surface area contributed by atoms with Crippen LogP contribution in [-0.4, -0.2) is 9.55 Å². The Morgan fingerprint density at radius 1 is 0.418 bits per heavy atom. The van der Waals surface area contributed by atoms with E-state index in [1.807, 2.05) is 18.3 Å². The minimum absolute atomic E-state index is 0.789. The van der Waals surface area contributed by atoms with E-state index in [0.29, 0.717) is 0 Å². The molecule has 11 rings (SSSR count). The quantitative estimate of drug-likeness (QED) is 0.173. The van der Waals surface area contributed by atoms with E-state index >= 15 is 0 Å². The Kier molecular flexibility index (Phi) is 7.14. The van der Waals surface area contributed by atoms with Crippen LogP contribution in [0.5, 0.6) is 0 Å². The molecule has 8 aromatic carbocycles. The highest BCUT2D eigenvalue weighted by Gasteiger charge is 2.19. The van der Waals surface area contributed by atoms with Crippen molar-refractivity contribution >= 4 is 71.6 Å². The second kappa shape index (κ2) is 12.6. The number of para-hydroxylation sites is 2. The largest absolute Gasteiger partial charge is 0.454 e. The van der Waals surface area contributed by atoms with E-state index in [1.165, 1.54) is 38.1 Å². The van der Waals surface area contributed by atoms with E-state index in [0.717, 1.165) is 61.4 Å². The van der Waals surface area contributed by atoms with Crippen LogP contribution in [0.4, 0.5) is 17.1 Å². The van der Waals surface area contributed by atoms with E-state index in [1.54, 1.807) is 6.20 Å². The van der Waals surface area contributed by atoms with Crippen LogP contribution < -0.4 is 4.90 Å². The number of furan rings is 1. The molecule has 3 aromatic heterocycles. The minimum Gasteiger partial charge on any atom is -0.454 e. The number of hydrogen-bond acceptors (Lipinski definition) is 3. The zero-order valence-electron chi connectivity index (χ0n) is 29.8. The Labute approximate surface area is 317 Å². The van der Waals surface area contributed by atoms with Crippen LogP contribution >= 0.6 is 0 Å². The zero-order chi connectivity index (χ0) is 36.3. The van der Waals surface area contributed by atoms with Crippen molar-refractivity contribution in [3.63, 3.8) is 0 Å². The second-order valence-corrected chi connectivity index (χ2v) is 14.0. The molecule has 0 aliphatic heterocycles. The van der Waals surface area contributed by atoms with E-state index < -0.39 is 0 Å². The van der Waals surface area contributed by atoms with Crippen LogP contribution in [0.3, 0.4) is 0 Å². The summed E-state index contributed by atoms with van der Waals surface area (Å²) in [5.74, 6) is 0. The molecule has 258 valence electrons. The molecule has 55 heavy (non-hydrogen) atoms. The smallest absolute Gasteiger partial charge is 0.154 e. The zero-order valence-corrected chi connectivity index (χ0v) is 29.8. The van der Waals surface area contributed by atoms with Gasteiger partial charge in [-0.05, 0) is 88.1 Å². The van der Waals surface area contributed by atoms with E-state index in [-0.39, 0.29) is 0 Å². The number of rotatable bonds is 6. The van der Waals surface area contributed by atoms with Crippen LogP contribution in [0.2, 0.25) is 0 Å². The van der Waals surface area contributed by atoms with E-state index in [2.05, 4.69) is 190 Å². The van der Waals surface area contributed by atoms with Crippen molar-refractivity contribution in [3.8, 4) is 27.9 Å². The average molecular weight is 704 g/mol. The van der Waals surface area contributed by atoms with Gasteiger partial charge in [-0.3, -0.25) is 4.98 Å². The van der Waals surface area contributed by atoms with Crippen LogP contribution in [0, 0.1) is 0 Å². The number of fused-ring (bicyclic) bond motifs is 8. The monoisotopic (exact) mass is 703 g/mol. The van der Waals surface area contributed by atoms with Crippen LogP contribution in [0.1, 0.15) is 0 Å². The maximum Gasteiger partial charge on any atom is 0.154 e. The molecule has 0 fully saturated rings. The van der Waals surface area contributed by atoms with Crippen molar-refractivity contribution < 1.29 is 4.42 Å².